The predicted molar refractivity (Wildman–Crippen MR) is 177 cm³/mol. The number of amides is 2. The van der Waals surface area contributed by atoms with Gasteiger partial charge in [0, 0.05) is 50.5 Å². The van der Waals surface area contributed by atoms with Crippen LogP contribution in [0, 0.1) is 5.92 Å². The average molecular weight is 591 g/mol. The molecular weight excluding hydrogens is 536 g/mol. The summed E-state index contributed by atoms with van der Waals surface area (Å²) in [5, 5.41) is 6.23. The Balaban J connectivity index is 1.33. The maximum atomic E-state index is 13.5. The Hall–Kier alpha value is -2.90. The molecule has 7 heteroatoms. The molecule has 2 aliphatic heterocycles. The van der Waals surface area contributed by atoms with Crippen LogP contribution in [0.25, 0.3) is 0 Å². The molecule has 2 heterocycles. The minimum Gasteiger partial charge on any atom is -0.379 e. The van der Waals surface area contributed by atoms with Gasteiger partial charge >= 0.3 is 0 Å². The highest BCUT2D eigenvalue weighted by atomic mass is 16.5. The molecule has 0 atom stereocenters. The van der Waals surface area contributed by atoms with Gasteiger partial charge in [-0.3, -0.25) is 14.5 Å². The zero-order valence-corrected chi connectivity index (χ0v) is 26.5. The second-order valence-corrected chi connectivity index (χ2v) is 12.3. The van der Waals surface area contributed by atoms with Crippen molar-refractivity contribution >= 4 is 23.2 Å². The van der Waals surface area contributed by atoms with Gasteiger partial charge in [-0.25, -0.2) is 0 Å². The molecule has 2 aromatic carbocycles. The van der Waals surface area contributed by atoms with Crippen LogP contribution in [-0.2, 0) is 16.0 Å². The number of nitrogens with one attached hydrogen (secondary N) is 2. The Morgan fingerprint density at radius 3 is 2.33 bits per heavy atom. The van der Waals surface area contributed by atoms with E-state index in [2.05, 4.69) is 57.7 Å². The molecule has 43 heavy (non-hydrogen) atoms. The predicted octanol–water partition coefficient (Wildman–Crippen LogP) is 6.68. The smallest absolute Gasteiger partial charge is 0.253 e. The summed E-state index contributed by atoms with van der Waals surface area (Å²) >= 11 is 0. The fourth-order valence-corrected chi connectivity index (χ4v) is 6.29. The Kier molecular flexibility index (Phi) is 14.3. The van der Waals surface area contributed by atoms with E-state index in [4.69, 9.17) is 4.74 Å². The molecule has 2 amide bonds. The first kappa shape index (κ1) is 33.0. The second-order valence-electron chi connectivity index (χ2n) is 12.3. The molecule has 2 saturated heterocycles. The van der Waals surface area contributed by atoms with E-state index < -0.39 is 0 Å². The summed E-state index contributed by atoms with van der Waals surface area (Å²) < 4.78 is 5.45. The van der Waals surface area contributed by atoms with Gasteiger partial charge in [-0.2, -0.15) is 0 Å². The van der Waals surface area contributed by atoms with Crippen molar-refractivity contribution < 1.29 is 14.3 Å². The number of hydrogen-bond donors (Lipinski definition) is 2. The molecule has 0 bridgehead atoms. The van der Waals surface area contributed by atoms with E-state index in [0.717, 1.165) is 90.1 Å². The van der Waals surface area contributed by atoms with Crippen molar-refractivity contribution in [3.8, 4) is 0 Å². The Labute approximate surface area is 259 Å². The van der Waals surface area contributed by atoms with Crippen molar-refractivity contribution in [3.05, 3.63) is 59.7 Å². The van der Waals surface area contributed by atoms with Crippen LogP contribution < -0.4 is 15.5 Å². The van der Waals surface area contributed by atoms with Crippen molar-refractivity contribution in [3.63, 3.8) is 0 Å². The third-order valence-corrected chi connectivity index (χ3v) is 8.90. The Morgan fingerprint density at radius 2 is 1.58 bits per heavy atom. The molecular formula is C36H54N4O3. The number of carbonyl (C=O) groups is 2. The first-order valence-electron chi connectivity index (χ1n) is 16.9. The molecule has 7 nitrogen and oxygen atoms in total. The standard InChI is InChI=1S/C36H54N4O3/c1-2-3-4-5-6-7-11-15-35(41)38-32-16-17-34(40-22-18-31(19-23-40)28-30-13-9-8-10-14-30)33(29-32)36(42)37-20-12-21-39-24-26-43-27-25-39/h8-10,13-14,16-17,29,31H,2-7,11-12,15,18-28H2,1H3,(H,37,42)(H,38,41). The molecule has 0 unspecified atom stereocenters. The zero-order chi connectivity index (χ0) is 30.1. The van der Waals surface area contributed by atoms with E-state index in [9.17, 15) is 9.59 Å². The Morgan fingerprint density at radius 1 is 0.860 bits per heavy atom. The van der Waals surface area contributed by atoms with Crippen molar-refractivity contribution in [2.75, 3.05) is 62.7 Å². The van der Waals surface area contributed by atoms with E-state index in [1.165, 1.54) is 37.7 Å². The molecule has 2 N–H and O–H groups in total. The first-order valence-corrected chi connectivity index (χ1v) is 16.9. The highest BCUT2D eigenvalue weighted by Crippen LogP contribution is 2.30. The summed E-state index contributed by atoms with van der Waals surface area (Å²) in [7, 11) is 0. The normalized spacial score (nSPS) is 16.3. The number of unbranched alkanes of at least 4 members (excludes halogenated alkanes) is 6. The lowest BCUT2D eigenvalue weighted by Gasteiger charge is -2.35. The van der Waals surface area contributed by atoms with E-state index in [-0.39, 0.29) is 11.8 Å². The van der Waals surface area contributed by atoms with Crippen LogP contribution >= 0.6 is 0 Å². The van der Waals surface area contributed by atoms with Gasteiger partial charge in [-0.05, 0) is 68.3 Å². The maximum Gasteiger partial charge on any atom is 0.253 e. The number of hydrogen-bond acceptors (Lipinski definition) is 5. The number of morpholine rings is 1. The van der Waals surface area contributed by atoms with Crippen molar-refractivity contribution in [1.82, 2.24) is 10.2 Å². The number of ether oxygens (including phenoxy) is 1. The van der Waals surface area contributed by atoms with Gasteiger partial charge in [0.15, 0.2) is 0 Å². The summed E-state index contributed by atoms with van der Waals surface area (Å²) in [6, 6.07) is 16.6. The van der Waals surface area contributed by atoms with Crippen molar-refractivity contribution in [1.29, 1.82) is 0 Å². The van der Waals surface area contributed by atoms with Gasteiger partial charge in [-0.1, -0.05) is 75.8 Å². The molecule has 0 saturated carbocycles. The molecule has 0 aliphatic carbocycles. The SMILES string of the molecule is CCCCCCCCCC(=O)Nc1ccc(N2CCC(Cc3ccccc3)CC2)c(C(=O)NCCCN2CCOCC2)c1. The fourth-order valence-electron chi connectivity index (χ4n) is 6.29. The van der Waals surface area contributed by atoms with Crippen molar-refractivity contribution in [2.45, 2.75) is 84.0 Å². The topological polar surface area (TPSA) is 73.9 Å². The number of anilines is 2. The lowest BCUT2D eigenvalue weighted by atomic mass is 9.89. The molecule has 0 aromatic heterocycles. The Bertz CT molecular complexity index is 1090. The number of rotatable bonds is 17. The maximum absolute atomic E-state index is 13.5. The van der Waals surface area contributed by atoms with Crippen molar-refractivity contribution in [2.24, 2.45) is 5.92 Å². The summed E-state index contributed by atoms with van der Waals surface area (Å²) in [6.07, 6.45) is 13.0. The van der Waals surface area contributed by atoms with Gasteiger partial charge < -0.3 is 20.3 Å². The van der Waals surface area contributed by atoms with Crippen LogP contribution in [0.4, 0.5) is 11.4 Å². The molecule has 2 aromatic rings. The molecule has 2 aliphatic rings. The zero-order valence-electron chi connectivity index (χ0n) is 26.5. The van der Waals surface area contributed by atoms with Gasteiger partial charge in [-0.15, -0.1) is 0 Å². The molecule has 4 rings (SSSR count). The summed E-state index contributed by atoms with van der Waals surface area (Å²) in [4.78, 5) is 31.0. The van der Waals surface area contributed by atoms with Crippen LogP contribution in [0.15, 0.2) is 48.5 Å². The highest BCUT2D eigenvalue weighted by Gasteiger charge is 2.24. The molecule has 2 fully saturated rings. The molecule has 0 radical (unpaired) electrons. The summed E-state index contributed by atoms with van der Waals surface area (Å²) in [6.45, 7) is 9.16. The third kappa shape index (κ3) is 11.6. The van der Waals surface area contributed by atoms with E-state index in [1.54, 1.807) is 0 Å². The van der Waals surface area contributed by atoms with Crippen LogP contribution in [-0.4, -0.2) is 69.2 Å². The van der Waals surface area contributed by atoms with Gasteiger partial charge in [0.1, 0.15) is 0 Å². The minimum absolute atomic E-state index is 0.0277. The molecule has 236 valence electrons. The third-order valence-electron chi connectivity index (χ3n) is 8.90. The summed E-state index contributed by atoms with van der Waals surface area (Å²) in [5.74, 6) is 0.618. The van der Waals surface area contributed by atoms with Crippen LogP contribution in [0.1, 0.15) is 93.5 Å². The number of carbonyl (C=O) groups excluding carboxylic acids is 2. The largest absolute Gasteiger partial charge is 0.379 e. The lowest BCUT2D eigenvalue weighted by molar-refractivity contribution is -0.116. The van der Waals surface area contributed by atoms with Gasteiger partial charge in [0.05, 0.1) is 18.8 Å². The number of benzene rings is 2. The van der Waals surface area contributed by atoms with E-state index >= 15 is 0 Å². The quantitative estimate of drug-likeness (QED) is 0.201. The fraction of sp³-hybridized carbons (Fsp3) is 0.611. The highest BCUT2D eigenvalue weighted by molar-refractivity contribution is 6.02. The van der Waals surface area contributed by atoms with Crippen LogP contribution in [0.2, 0.25) is 0 Å². The summed E-state index contributed by atoms with van der Waals surface area (Å²) in [5.41, 5.74) is 3.72. The van der Waals surface area contributed by atoms with E-state index in [1.807, 2.05) is 18.2 Å². The average Bonchev–Trinajstić information content (AvgIpc) is 3.04. The van der Waals surface area contributed by atoms with Gasteiger partial charge in [0.25, 0.3) is 5.91 Å². The molecule has 0 spiro atoms. The van der Waals surface area contributed by atoms with Gasteiger partial charge in [0.2, 0.25) is 5.91 Å². The number of piperidine rings is 1. The van der Waals surface area contributed by atoms with E-state index in [0.29, 0.717) is 30.1 Å². The van der Waals surface area contributed by atoms with Crippen LogP contribution in [0.3, 0.4) is 0 Å². The van der Waals surface area contributed by atoms with Crippen LogP contribution in [0.5, 0.6) is 0 Å². The second kappa shape index (κ2) is 18.7. The minimum atomic E-state index is -0.0634. The monoisotopic (exact) mass is 590 g/mol. The number of nitrogens with zero attached hydrogens (tertiary/aromatic N) is 2. The first-order chi connectivity index (χ1) is 21.1. The lowest BCUT2D eigenvalue weighted by Crippen LogP contribution is -2.38.